The highest BCUT2D eigenvalue weighted by molar-refractivity contribution is 7.80. The van der Waals surface area contributed by atoms with Crippen LogP contribution in [0, 0.1) is 0 Å². The Morgan fingerprint density at radius 3 is 2.42 bits per heavy atom. The van der Waals surface area contributed by atoms with E-state index < -0.39 is 66.1 Å². The molecule has 6 N–H and O–H groups in total. The fraction of sp³-hybridized carbons (Fsp3) is 0.727. The highest BCUT2D eigenvalue weighted by Crippen LogP contribution is 2.22. The lowest BCUT2D eigenvalue weighted by atomic mass is 9.99. The Labute approximate surface area is 137 Å². The molecular formula is C11H19NO11S. The van der Waals surface area contributed by atoms with E-state index in [4.69, 9.17) is 19.1 Å². The number of nitrogens with zero attached hydrogens (tertiary/aromatic N) is 1. The summed E-state index contributed by atoms with van der Waals surface area (Å²) in [5, 5.41) is 50.5. The van der Waals surface area contributed by atoms with E-state index in [0.717, 1.165) is 6.08 Å². The Hall–Kier alpha value is -1.32. The molecule has 0 aromatic heterocycles. The summed E-state index contributed by atoms with van der Waals surface area (Å²) in [6, 6.07) is 0. The molecule has 13 heteroatoms. The van der Waals surface area contributed by atoms with Crippen LogP contribution >= 0.6 is 0 Å². The van der Waals surface area contributed by atoms with Crippen LogP contribution in [0.1, 0.15) is 6.42 Å². The van der Waals surface area contributed by atoms with Gasteiger partial charge in [-0.2, -0.15) is 8.42 Å². The number of aliphatic hydroxyl groups is 5. The molecule has 1 saturated heterocycles. The van der Waals surface area contributed by atoms with Gasteiger partial charge in [-0.25, -0.2) is 4.28 Å². The summed E-state index contributed by atoms with van der Waals surface area (Å²) in [4.78, 5) is 0. The van der Waals surface area contributed by atoms with Gasteiger partial charge in [-0.3, -0.25) is 4.55 Å². The lowest BCUT2D eigenvalue weighted by Crippen LogP contribution is -2.59. The summed E-state index contributed by atoms with van der Waals surface area (Å²) >= 11 is 0. The van der Waals surface area contributed by atoms with Crippen molar-refractivity contribution in [2.24, 2.45) is 5.16 Å². The van der Waals surface area contributed by atoms with Crippen molar-refractivity contribution in [2.45, 2.75) is 43.2 Å². The summed E-state index contributed by atoms with van der Waals surface area (Å²) in [6.07, 6.45) is -8.79. The van der Waals surface area contributed by atoms with Crippen LogP contribution in [0.2, 0.25) is 0 Å². The molecule has 1 aliphatic rings. The van der Waals surface area contributed by atoms with Gasteiger partial charge >= 0.3 is 10.4 Å². The third-order valence-corrected chi connectivity index (χ3v) is 3.25. The van der Waals surface area contributed by atoms with Crippen LogP contribution < -0.4 is 0 Å². The molecule has 0 spiro atoms. The van der Waals surface area contributed by atoms with E-state index in [-0.39, 0.29) is 0 Å². The highest BCUT2D eigenvalue weighted by Gasteiger charge is 2.45. The molecule has 1 aliphatic heterocycles. The molecule has 12 nitrogen and oxygen atoms in total. The van der Waals surface area contributed by atoms with E-state index in [0.29, 0.717) is 0 Å². The number of hydrogen-bond donors (Lipinski definition) is 6. The van der Waals surface area contributed by atoms with Crippen molar-refractivity contribution in [1.29, 1.82) is 0 Å². The molecule has 0 aromatic rings. The van der Waals surface area contributed by atoms with Gasteiger partial charge in [0.05, 0.1) is 19.1 Å². The molecule has 0 aromatic carbocycles. The standard InChI is InChI=1S/C11H19NO11S/c1-2-5(14)3-7(12-23-24(18,19)20)22-11-10(17)9(16)8(15)6(4-13)21-11/h2,5-6,8-11,13-17H,1,3-4H2,(H,18,19,20). The van der Waals surface area contributed by atoms with Gasteiger partial charge in [-0.15, -0.1) is 6.58 Å². The molecule has 24 heavy (non-hydrogen) atoms. The Morgan fingerprint density at radius 1 is 1.29 bits per heavy atom. The smallest absolute Gasteiger partial charge is 0.446 e. The fourth-order valence-corrected chi connectivity index (χ4v) is 1.93. The topological polar surface area (TPSA) is 196 Å². The van der Waals surface area contributed by atoms with E-state index >= 15 is 0 Å². The maximum Gasteiger partial charge on any atom is 0.466 e. The third kappa shape index (κ3) is 5.95. The normalized spacial score (nSPS) is 32.9. The van der Waals surface area contributed by atoms with Crippen molar-refractivity contribution in [3.05, 3.63) is 12.7 Å². The minimum absolute atomic E-state index is 0.478. The SMILES string of the molecule is C=CC(O)CC(=NOS(=O)(=O)O)OC1OC(CO)C(O)C(O)C1O. The molecule has 6 unspecified atom stereocenters. The largest absolute Gasteiger partial charge is 0.466 e. The molecule has 0 radical (unpaired) electrons. The van der Waals surface area contributed by atoms with Gasteiger partial charge in [-0.1, -0.05) is 6.08 Å². The summed E-state index contributed by atoms with van der Waals surface area (Å²) < 4.78 is 43.4. The molecule has 1 fully saturated rings. The molecule has 0 saturated carbocycles. The second-order valence-corrected chi connectivity index (χ2v) is 5.81. The first-order valence-corrected chi connectivity index (χ1v) is 7.96. The second-order valence-electron chi connectivity index (χ2n) is 4.81. The highest BCUT2D eigenvalue weighted by atomic mass is 32.3. The van der Waals surface area contributed by atoms with Crippen LogP contribution in [0.3, 0.4) is 0 Å². The monoisotopic (exact) mass is 373 g/mol. The predicted molar refractivity (Wildman–Crippen MR) is 75.7 cm³/mol. The molecule has 0 bridgehead atoms. The van der Waals surface area contributed by atoms with Crippen LogP contribution in [0.4, 0.5) is 0 Å². The molecule has 1 heterocycles. The second kappa shape index (κ2) is 8.68. The minimum Gasteiger partial charge on any atom is -0.446 e. The Balaban J connectivity index is 2.92. The van der Waals surface area contributed by atoms with Gasteiger partial charge in [0.2, 0.25) is 12.2 Å². The molecule has 0 aliphatic carbocycles. The Morgan fingerprint density at radius 2 is 1.92 bits per heavy atom. The van der Waals surface area contributed by atoms with Gasteiger partial charge in [0, 0.05) is 0 Å². The van der Waals surface area contributed by atoms with Crippen LogP contribution in [-0.2, 0) is 24.2 Å². The number of hydrogen-bond acceptors (Lipinski definition) is 11. The van der Waals surface area contributed by atoms with Crippen molar-refractivity contribution in [3.8, 4) is 0 Å². The predicted octanol–water partition coefficient (Wildman–Crippen LogP) is -3.13. The Bertz CT molecular complexity index is 548. The van der Waals surface area contributed by atoms with Crippen molar-refractivity contribution in [3.63, 3.8) is 0 Å². The zero-order valence-corrected chi connectivity index (χ0v) is 13.1. The van der Waals surface area contributed by atoms with Crippen LogP contribution in [-0.4, -0.2) is 87.8 Å². The first-order chi connectivity index (χ1) is 11.1. The van der Waals surface area contributed by atoms with E-state index in [1.165, 1.54) is 0 Å². The van der Waals surface area contributed by atoms with Gasteiger partial charge in [0.25, 0.3) is 0 Å². The maximum absolute atomic E-state index is 10.5. The molecule has 6 atom stereocenters. The number of ether oxygens (including phenoxy) is 2. The van der Waals surface area contributed by atoms with E-state index in [2.05, 4.69) is 16.0 Å². The lowest BCUT2D eigenvalue weighted by molar-refractivity contribution is -0.282. The fourth-order valence-electron chi connectivity index (χ4n) is 1.76. The number of rotatable bonds is 7. The average molecular weight is 373 g/mol. The van der Waals surface area contributed by atoms with Gasteiger partial charge in [-0.05, 0) is 5.16 Å². The van der Waals surface area contributed by atoms with Crippen molar-refractivity contribution in [2.75, 3.05) is 6.61 Å². The van der Waals surface area contributed by atoms with Gasteiger partial charge < -0.3 is 35.0 Å². The zero-order chi connectivity index (χ0) is 18.5. The summed E-state index contributed by atoms with van der Waals surface area (Å²) in [5.41, 5.74) is 0. The minimum atomic E-state index is -4.96. The molecule has 0 amide bonds. The first-order valence-electron chi connectivity index (χ1n) is 6.59. The van der Waals surface area contributed by atoms with Crippen LogP contribution in [0.5, 0.6) is 0 Å². The molecular weight excluding hydrogens is 354 g/mol. The van der Waals surface area contributed by atoms with Crippen LogP contribution in [0.15, 0.2) is 17.8 Å². The van der Waals surface area contributed by atoms with Crippen LogP contribution in [0.25, 0.3) is 0 Å². The quantitative estimate of drug-likeness (QED) is 0.0868. The Kier molecular flexibility index (Phi) is 7.50. The molecule has 140 valence electrons. The van der Waals surface area contributed by atoms with Crippen molar-refractivity contribution < 1.29 is 52.3 Å². The van der Waals surface area contributed by atoms with E-state index in [1.54, 1.807) is 0 Å². The summed E-state index contributed by atoms with van der Waals surface area (Å²) in [5.74, 6) is -0.635. The number of oxime groups is 1. The molecule has 1 rings (SSSR count). The first kappa shape index (κ1) is 20.7. The van der Waals surface area contributed by atoms with Crippen molar-refractivity contribution in [1.82, 2.24) is 0 Å². The third-order valence-electron chi connectivity index (χ3n) is 2.99. The van der Waals surface area contributed by atoms with Gasteiger partial charge in [0.15, 0.2) is 0 Å². The lowest BCUT2D eigenvalue weighted by Gasteiger charge is -2.39. The van der Waals surface area contributed by atoms with Gasteiger partial charge in [0.1, 0.15) is 24.4 Å². The van der Waals surface area contributed by atoms with E-state index in [9.17, 15) is 28.8 Å². The average Bonchev–Trinajstić information content (AvgIpc) is 2.52. The van der Waals surface area contributed by atoms with E-state index in [1.807, 2.05) is 0 Å². The zero-order valence-electron chi connectivity index (χ0n) is 12.2. The number of aliphatic hydroxyl groups excluding tert-OH is 5. The van der Waals surface area contributed by atoms with Crippen molar-refractivity contribution >= 4 is 16.3 Å². The maximum atomic E-state index is 10.5. The summed E-state index contributed by atoms with van der Waals surface area (Å²) in [6.45, 7) is 2.56. The summed E-state index contributed by atoms with van der Waals surface area (Å²) in [7, 11) is -4.96.